The summed E-state index contributed by atoms with van der Waals surface area (Å²) in [5.41, 5.74) is 3.95. The van der Waals surface area contributed by atoms with Gasteiger partial charge in [0.25, 0.3) is 0 Å². The zero-order valence-corrected chi connectivity index (χ0v) is 17.5. The lowest BCUT2D eigenvalue weighted by atomic mass is 9.76. The summed E-state index contributed by atoms with van der Waals surface area (Å²) in [6.07, 6.45) is 9.33. The molecule has 1 aliphatic carbocycles. The van der Waals surface area contributed by atoms with E-state index in [4.69, 9.17) is 0 Å². The molecule has 3 heteroatoms. The van der Waals surface area contributed by atoms with Gasteiger partial charge >= 0.3 is 5.97 Å². The minimum atomic E-state index is -0.917. The van der Waals surface area contributed by atoms with E-state index in [9.17, 15) is 14.3 Å². The maximum Gasteiger partial charge on any atom is 0.336 e. The van der Waals surface area contributed by atoms with E-state index < -0.39 is 5.97 Å². The Morgan fingerprint density at radius 1 is 1.07 bits per heavy atom. The van der Waals surface area contributed by atoms with Crippen LogP contribution in [0.15, 0.2) is 48.3 Å². The average molecular weight is 395 g/mol. The summed E-state index contributed by atoms with van der Waals surface area (Å²) >= 11 is 0. The zero-order chi connectivity index (χ0) is 20.8. The van der Waals surface area contributed by atoms with Crippen molar-refractivity contribution < 1.29 is 14.3 Å². The second-order valence-corrected chi connectivity index (χ2v) is 8.18. The number of aromatic carboxylic acids is 1. The molecule has 0 radical (unpaired) electrons. The summed E-state index contributed by atoms with van der Waals surface area (Å²) in [7, 11) is 0. The molecular formula is C26H31FO2. The van der Waals surface area contributed by atoms with Crippen molar-refractivity contribution in [2.75, 3.05) is 0 Å². The number of carboxylic acids is 1. The molecule has 154 valence electrons. The van der Waals surface area contributed by atoms with E-state index in [0.29, 0.717) is 17.9 Å². The van der Waals surface area contributed by atoms with E-state index >= 15 is 0 Å². The van der Waals surface area contributed by atoms with Crippen molar-refractivity contribution in [3.8, 4) is 11.1 Å². The van der Waals surface area contributed by atoms with Gasteiger partial charge in [-0.1, -0.05) is 63.1 Å². The summed E-state index contributed by atoms with van der Waals surface area (Å²) < 4.78 is 13.5. The first-order chi connectivity index (χ1) is 14.0. The zero-order valence-electron chi connectivity index (χ0n) is 17.5. The van der Waals surface area contributed by atoms with Crippen LogP contribution in [0.4, 0.5) is 4.39 Å². The lowest BCUT2D eigenvalue weighted by Gasteiger charge is -2.29. The molecule has 1 aliphatic rings. The van der Waals surface area contributed by atoms with Crippen LogP contribution in [0.1, 0.15) is 86.2 Å². The van der Waals surface area contributed by atoms with Gasteiger partial charge < -0.3 is 5.11 Å². The Hall–Kier alpha value is -2.42. The van der Waals surface area contributed by atoms with Gasteiger partial charge in [-0.15, -0.1) is 0 Å². The molecule has 29 heavy (non-hydrogen) atoms. The van der Waals surface area contributed by atoms with Gasteiger partial charge in [-0.2, -0.15) is 0 Å². The van der Waals surface area contributed by atoms with Crippen LogP contribution in [0, 0.1) is 5.92 Å². The number of allylic oxidation sites excluding steroid dienone is 1. The quantitative estimate of drug-likeness (QED) is 0.519. The summed E-state index contributed by atoms with van der Waals surface area (Å²) in [6, 6.07) is 13.3. The molecule has 1 saturated carbocycles. The summed E-state index contributed by atoms with van der Waals surface area (Å²) in [5, 5.41) is 9.67. The molecule has 2 aromatic carbocycles. The van der Waals surface area contributed by atoms with Crippen LogP contribution in [0.5, 0.6) is 0 Å². The number of halogens is 1. The van der Waals surface area contributed by atoms with Gasteiger partial charge in [-0.3, -0.25) is 0 Å². The van der Waals surface area contributed by atoms with Crippen LogP contribution in [0.3, 0.4) is 0 Å². The van der Waals surface area contributed by atoms with Gasteiger partial charge in [0.2, 0.25) is 0 Å². The van der Waals surface area contributed by atoms with Crippen molar-refractivity contribution in [3.63, 3.8) is 0 Å². The van der Waals surface area contributed by atoms with Crippen LogP contribution in [-0.2, 0) is 0 Å². The lowest BCUT2D eigenvalue weighted by molar-refractivity contribution is 0.0697. The maximum absolute atomic E-state index is 13.5. The standard InChI is InChI=1S/C26H31FO2/c1-3-5-18-6-10-20(11-7-18)22-14-15-24(26(28)29)25(17-22)21-12-8-19(9-13-21)16-23(27)4-2/h8-9,12-18,20H,3-7,10-11H2,1-2H3,(H,28,29). The van der Waals surface area contributed by atoms with Crippen molar-refractivity contribution in [2.45, 2.75) is 64.7 Å². The molecule has 1 N–H and O–H groups in total. The summed E-state index contributed by atoms with van der Waals surface area (Å²) in [5.74, 6) is 0.271. The van der Waals surface area contributed by atoms with Crippen molar-refractivity contribution in [1.29, 1.82) is 0 Å². The monoisotopic (exact) mass is 394 g/mol. The van der Waals surface area contributed by atoms with Crippen molar-refractivity contribution in [1.82, 2.24) is 0 Å². The van der Waals surface area contributed by atoms with E-state index in [-0.39, 0.29) is 5.83 Å². The molecule has 3 rings (SSSR count). The third-order valence-electron chi connectivity index (χ3n) is 6.17. The SMILES string of the molecule is CCCC1CCC(c2ccc(C(=O)O)c(-c3ccc(C=C(F)CC)cc3)c2)CC1. The Bertz CT molecular complexity index is 859. The third-order valence-corrected chi connectivity index (χ3v) is 6.17. The Morgan fingerprint density at radius 2 is 1.76 bits per heavy atom. The molecule has 1 fully saturated rings. The Balaban J connectivity index is 1.87. The molecule has 0 atom stereocenters. The fraction of sp³-hybridized carbons (Fsp3) is 0.423. The third kappa shape index (κ3) is 5.35. The number of hydrogen-bond donors (Lipinski definition) is 1. The predicted molar refractivity (Wildman–Crippen MR) is 118 cm³/mol. The highest BCUT2D eigenvalue weighted by molar-refractivity contribution is 5.96. The topological polar surface area (TPSA) is 37.3 Å². The van der Waals surface area contributed by atoms with Crippen molar-refractivity contribution >= 4 is 12.0 Å². The molecule has 0 aliphatic heterocycles. The second kappa shape index (κ2) is 9.87. The summed E-state index contributed by atoms with van der Waals surface area (Å²) in [6.45, 7) is 4.03. The molecule has 0 unspecified atom stereocenters. The molecule has 2 nitrogen and oxygen atoms in total. The van der Waals surface area contributed by atoms with Crippen LogP contribution >= 0.6 is 0 Å². The van der Waals surface area contributed by atoms with E-state index in [1.165, 1.54) is 50.2 Å². The highest BCUT2D eigenvalue weighted by atomic mass is 19.1. The maximum atomic E-state index is 13.5. The van der Waals surface area contributed by atoms with E-state index in [2.05, 4.69) is 13.0 Å². The van der Waals surface area contributed by atoms with Crippen LogP contribution < -0.4 is 0 Å². The highest BCUT2D eigenvalue weighted by Gasteiger charge is 2.23. The van der Waals surface area contributed by atoms with Gasteiger partial charge in [-0.25, -0.2) is 9.18 Å². The van der Waals surface area contributed by atoms with Crippen molar-refractivity contribution in [3.05, 3.63) is 65.0 Å². The molecule has 0 saturated heterocycles. The molecular weight excluding hydrogens is 363 g/mol. The van der Waals surface area contributed by atoms with Crippen LogP contribution in [-0.4, -0.2) is 11.1 Å². The second-order valence-electron chi connectivity index (χ2n) is 8.18. The summed E-state index contributed by atoms with van der Waals surface area (Å²) in [4.78, 5) is 11.8. The van der Waals surface area contributed by atoms with Gasteiger partial charge in [0.15, 0.2) is 0 Å². The number of rotatable bonds is 7. The molecule has 0 bridgehead atoms. The van der Waals surface area contributed by atoms with Gasteiger partial charge in [0.1, 0.15) is 5.83 Å². The Kier molecular flexibility index (Phi) is 7.24. The first kappa shape index (κ1) is 21.3. The lowest BCUT2D eigenvalue weighted by Crippen LogP contribution is -2.13. The molecule has 0 amide bonds. The minimum Gasteiger partial charge on any atom is -0.478 e. The fourth-order valence-corrected chi connectivity index (χ4v) is 4.48. The smallest absolute Gasteiger partial charge is 0.336 e. The molecule has 0 heterocycles. The largest absolute Gasteiger partial charge is 0.478 e. The number of carboxylic acid groups (broad SMARTS) is 1. The van der Waals surface area contributed by atoms with E-state index in [1.807, 2.05) is 30.3 Å². The van der Waals surface area contributed by atoms with Crippen LogP contribution in [0.25, 0.3) is 17.2 Å². The van der Waals surface area contributed by atoms with Gasteiger partial charge in [-0.05, 0) is 78.3 Å². The van der Waals surface area contributed by atoms with Crippen LogP contribution in [0.2, 0.25) is 0 Å². The van der Waals surface area contributed by atoms with Gasteiger partial charge in [0, 0.05) is 0 Å². The minimum absolute atomic E-state index is 0.162. The predicted octanol–water partition coefficient (Wildman–Crippen LogP) is 7.85. The van der Waals surface area contributed by atoms with E-state index in [1.54, 1.807) is 13.0 Å². The fourth-order valence-electron chi connectivity index (χ4n) is 4.48. The average Bonchev–Trinajstić information content (AvgIpc) is 2.74. The normalized spacial score (nSPS) is 19.9. The number of benzene rings is 2. The number of hydrogen-bond acceptors (Lipinski definition) is 1. The van der Waals surface area contributed by atoms with Crippen molar-refractivity contribution in [2.24, 2.45) is 5.92 Å². The highest BCUT2D eigenvalue weighted by Crippen LogP contribution is 2.39. The van der Waals surface area contributed by atoms with Gasteiger partial charge in [0.05, 0.1) is 5.56 Å². The molecule has 0 aromatic heterocycles. The molecule has 0 spiro atoms. The Morgan fingerprint density at radius 3 is 2.34 bits per heavy atom. The van der Waals surface area contributed by atoms with E-state index in [0.717, 1.165) is 22.6 Å². The molecule has 2 aromatic rings. The Labute approximate surface area is 173 Å². The number of carbonyl (C=O) groups is 1. The first-order valence-electron chi connectivity index (χ1n) is 10.9. The first-order valence-corrected chi connectivity index (χ1v) is 10.9.